The maximum Gasteiger partial charge on any atom is 0.243 e. The van der Waals surface area contributed by atoms with Gasteiger partial charge >= 0.3 is 0 Å². The van der Waals surface area contributed by atoms with Gasteiger partial charge in [-0.1, -0.05) is 89.3 Å². The fraction of sp³-hybridized carbons (Fsp3) is 0.375. The van der Waals surface area contributed by atoms with E-state index in [0.29, 0.717) is 24.4 Å². The second-order valence-electron chi connectivity index (χ2n) is 10.1. The zero-order chi connectivity index (χ0) is 27.5. The Hall–Kier alpha value is -2.28. The molecule has 4 rings (SSSR count). The molecule has 0 saturated heterocycles. The monoisotopic (exact) mass is 626 g/mol. The lowest BCUT2D eigenvalue weighted by Crippen LogP contribution is -2.52. The van der Waals surface area contributed by atoms with Gasteiger partial charge in [0.15, 0.2) is 0 Å². The van der Waals surface area contributed by atoms with Crippen molar-refractivity contribution in [3.8, 4) is 0 Å². The van der Waals surface area contributed by atoms with Crippen molar-refractivity contribution in [3.05, 3.63) is 99.5 Å². The molecular formula is C32H36BrClN2O2S. The maximum absolute atomic E-state index is 13.8. The molecule has 0 aliphatic heterocycles. The zero-order valence-corrected chi connectivity index (χ0v) is 25.3. The summed E-state index contributed by atoms with van der Waals surface area (Å²) < 4.78 is 0.985. The third-order valence-corrected chi connectivity index (χ3v) is 8.99. The summed E-state index contributed by atoms with van der Waals surface area (Å²) in [6, 6.07) is 25.4. The number of thioether (sulfide) groups is 1. The molecule has 4 nitrogen and oxygen atoms in total. The lowest BCUT2D eigenvalue weighted by Gasteiger charge is -2.33. The molecule has 206 valence electrons. The van der Waals surface area contributed by atoms with Crippen molar-refractivity contribution in [3.63, 3.8) is 0 Å². The third kappa shape index (κ3) is 9.70. The zero-order valence-electron chi connectivity index (χ0n) is 22.2. The van der Waals surface area contributed by atoms with E-state index in [4.69, 9.17) is 11.6 Å². The van der Waals surface area contributed by atoms with Crippen LogP contribution in [-0.2, 0) is 22.6 Å². The fourth-order valence-corrected chi connectivity index (χ4v) is 6.22. The van der Waals surface area contributed by atoms with E-state index in [1.54, 1.807) is 16.7 Å². The van der Waals surface area contributed by atoms with Crippen molar-refractivity contribution in [2.75, 3.05) is 5.75 Å². The Bertz CT molecular complexity index is 1190. The number of halogens is 2. The smallest absolute Gasteiger partial charge is 0.243 e. The van der Waals surface area contributed by atoms with Gasteiger partial charge in [-0.25, -0.2) is 0 Å². The summed E-state index contributed by atoms with van der Waals surface area (Å²) >= 11 is 11.2. The summed E-state index contributed by atoms with van der Waals surface area (Å²) in [6.45, 7) is 0.395. The van der Waals surface area contributed by atoms with Crippen LogP contribution >= 0.6 is 39.3 Å². The number of benzene rings is 3. The molecule has 1 N–H and O–H groups in total. The summed E-state index contributed by atoms with van der Waals surface area (Å²) in [4.78, 5) is 30.6. The Morgan fingerprint density at radius 2 is 1.62 bits per heavy atom. The van der Waals surface area contributed by atoms with Gasteiger partial charge in [-0.3, -0.25) is 9.59 Å². The van der Waals surface area contributed by atoms with E-state index in [0.717, 1.165) is 58.4 Å². The Labute approximate surface area is 250 Å². The van der Waals surface area contributed by atoms with E-state index in [2.05, 4.69) is 21.2 Å². The number of hydrogen-bond acceptors (Lipinski definition) is 3. The average Bonchev–Trinajstić information content (AvgIpc) is 2.96. The Morgan fingerprint density at radius 1 is 0.923 bits per heavy atom. The van der Waals surface area contributed by atoms with Gasteiger partial charge in [0.2, 0.25) is 11.8 Å². The first-order valence-corrected chi connectivity index (χ1v) is 15.9. The summed E-state index contributed by atoms with van der Waals surface area (Å²) in [6.07, 6.45) is 7.12. The summed E-state index contributed by atoms with van der Waals surface area (Å²) in [5, 5.41) is 4.02. The number of carbonyl (C=O) groups is 2. The molecule has 0 bridgehead atoms. The molecule has 2 amide bonds. The van der Waals surface area contributed by atoms with Crippen LogP contribution in [0.2, 0.25) is 5.02 Å². The Balaban J connectivity index is 1.51. The van der Waals surface area contributed by atoms with Crippen LogP contribution < -0.4 is 5.32 Å². The SMILES string of the molecule is O=C(NC1CCCCC1)[C@H](Cc1ccccc1)N(Cc1ccc(Br)cc1)C(=O)CCCSc1ccc(Cl)cc1. The highest BCUT2D eigenvalue weighted by Crippen LogP contribution is 2.24. The predicted octanol–water partition coefficient (Wildman–Crippen LogP) is 8.06. The Morgan fingerprint density at radius 3 is 2.31 bits per heavy atom. The Kier molecular flexibility index (Phi) is 11.8. The molecule has 7 heteroatoms. The van der Waals surface area contributed by atoms with Crippen LogP contribution in [0.5, 0.6) is 0 Å². The summed E-state index contributed by atoms with van der Waals surface area (Å²) in [7, 11) is 0. The van der Waals surface area contributed by atoms with Gasteiger partial charge in [-0.05, 0) is 72.5 Å². The van der Waals surface area contributed by atoms with Crippen LogP contribution in [0.1, 0.15) is 56.1 Å². The number of nitrogens with one attached hydrogen (secondary N) is 1. The standard InChI is InChI=1S/C32H36BrClN2O2S/c33-26-15-13-25(14-16-26)23-36(31(37)12-7-21-39-29-19-17-27(34)18-20-29)30(22-24-8-3-1-4-9-24)32(38)35-28-10-5-2-6-11-28/h1,3-4,8-9,13-20,28,30H,2,5-7,10-12,21-23H2,(H,35,38)/t30-/m0/s1. The molecular weight excluding hydrogens is 592 g/mol. The van der Waals surface area contributed by atoms with Crippen molar-refractivity contribution in [2.24, 2.45) is 0 Å². The van der Waals surface area contributed by atoms with Gasteiger partial charge in [0.05, 0.1) is 0 Å². The van der Waals surface area contributed by atoms with Crippen molar-refractivity contribution in [1.29, 1.82) is 0 Å². The van der Waals surface area contributed by atoms with Gasteiger partial charge in [-0.15, -0.1) is 11.8 Å². The van der Waals surface area contributed by atoms with Gasteiger partial charge < -0.3 is 10.2 Å². The van der Waals surface area contributed by atoms with Crippen molar-refractivity contribution in [2.45, 2.75) is 74.9 Å². The van der Waals surface area contributed by atoms with Crippen molar-refractivity contribution >= 4 is 51.1 Å². The normalized spacial score (nSPS) is 14.5. The highest BCUT2D eigenvalue weighted by molar-refractivity contribution is 9.10. The topological polar surface area (TPSA) is 49.4 Å². The van der Waals surface area contributed by atoms with Crippen LogP contribution in [0, 0.1) is 0 Å². The van der Waals surface area contributed by atoms with E-state index < -0.39 is 6.04 Å². The second kappa shape index (κ2) is 15.5. The van der Waals surface area contributed by atoms with Crippen LogP contribution in [0.4, 0.5) is 0 Å². The first kappa shape index (κ1) is 29.7. The lowest BCUT2D eigenvalue weighted by atomic mass is 9.94. The number of rotatable bonds is 12. The van der Waals surface area contributed by atoms with Gasteiger partial charge in [-0.2, -0.15) is 0 Å². The van der Waals surface area contributed by atoms with E-state index in [1.165, 1.54) is 6.42 Å². The van der Waals surface area contributed by atoms with Crippen molar-refractivity contribution < 1.29 is 9.59 Å². The van der Waals surface area contributed by atoms with Gasteiger partial charge in [0.1, 0.15) is 6.04 Å². The van der Waals surface area contributed by atoms with Gasteiger partial charge in [0.25, 0.3) is 0 Å². The molecule has 1 atom stereocenters. The number of carbonyl (C=O) groups excluding carboxylic acids is 2. The second-order valence-corrected chi connectivity index (χ2v) is 12.6. The predicted molar refractivity (Wildman–Crippen MR) is 165 cm³/mol. The minimum Gasteiger partial charge on any atom is -0.352 e. The largest absolute Gasteiger partial charge is 0.352 e. The molecule has 1 aliphatic rings. The van der Waals surface area contributed by atoms with E-state index in [9.17, 15) is 9.59 Å². The van der Waals surface area contributed by atoms with E-state index in [1.807, 2.05) is 78.9 Å². The van der Waals surface area contributed by atoms with Crippen LogP contribution in [0.15, 0.2) is 88.2 Å². The molecule has 0 radical (unpaired) electrons. The molecule has 3 aromatic carbocycles. The fourth-order valence-electron chi connectivity index (χ4n) is 4.97. The lowest BCUT2D eigenvalue weighted by molar-refractivity contribution is -0.141. The quantitative estimate of drug-likeness (QED) is 0.163. The van der Waals surface area contributed by atoms with Crippen LogP contribution in [-0.4, -0.2) is 34.6 Å². The molecule has 1 fully saturated rings. The first-order valence-electron chi connectivity index (χ1n) is 13.7. The molecule has 1 aliphatic carbocycles. The number of amides is 2. The highest BCUT2D eigenvalue weighted by Gasteiger charge is 2.31. The minimum absolute atomic E-state index is 0.00866. The van der Waals surface area contributed by atoms with Crippen molar-refractivity contribution in [1.82, 2.24) is 10.2 Å². The minimum atomic E-state index is -0.575. The van der Waals surface area contributed by atoms with Crippen LogP contribution in [0.3, 0.4) is 0 Å². The third-order valence-electron chi connectivity index (χ3n) is 7.11. The molecule has 39 heavy (non-hydrogen) atoms. The summed E-state index contributed by atoms with van der Waals surface area (Å²) in [5.74, 6) is 0.776. The molecule has 3 aromatic rings. The first-order chi connectivity index (χ1) is 19.0. The molecule has 0 heterocycles. The van der Waals surface area contributed by atoms with Crippen LogP contribution in [0.25, 0.3) is 0 Å². The average molecular weight is 628 g/mol. The maximum atomic E-state index is 13.8. The highest BCUT2D eigenvalue weighted by atomic mass is 79.9. The van der Waals surface area contributed by atoms with Gasteiger partial charge in [0, 0.05) is 39.8 Å². The molecule has 1 saturated carbocycles. The van der Waals surface area contributed by atoms with E-state index in [-0.39, 0.29) is 17.9 Å². The van der Waals surface area contributed by atoms with E-state index >= 15 is 0 Å². The number of nitrogens with zero attached hydrogens (tertiary/aromatic N) is 1. The summed E-state index contributed by atoms with van der Waals surface area (Å²) in [5.41, 5.74) is 2.05. The molecule has 0 unspecified atom stereocenters. The molecule has 0 spiro atoms. The number of hydrogen-bond donors (Lipinski definition) is 1. The molecule has 0 aromatic heterocycles.